The van der Waals surface area contributed by atoms with Gasteiger partial charge in [-0.2, -0.15) is 0 Å². The molecule has 2 fully saturated rings. The minimum Gasteiger partial charge on any atom is -0.301 e. The lowest BCUT2D eigenvalue weighted by Crippen LogP contribution is -2.50. The molecular weight excluding hydrogens is 246 g/mol. The fraction of sp³-hybridized carbons (Fsp3) is 1.00. The quantitative estimate of drug-likeness (QED) is 0.780. The van der Waals surface area contributed by atoms with Crippen molar-refractivity contribution in [3.63, 3.8) is 0 Å². The van der Waals surface area contributed by atoms with Crippen LogP contribution in [0.1, 0.15) is 40.0 Å². The van der Waals surface area contributed by atoms with Gasteiger partial charge in [0.05, 0.1) is 6.54 Å². The first kappa shape index (κ1) is 15.2. The maximum atomic E-state index is 13.7. The lowest BCUT2D eigenvalue weighted by molar-refractivity contribution is -0.108. The van der Waals surface area contributed by atoms with E-state index in [0.717, 1.165) is 39.0 Å². The van der Waals surface area contributed by atoms with E-state index in [9.17, 15) is 8.78 Å². The molecular formula is C15H28F2N2. The van der Waals surface area contributed by atoms with Crippen molar-refractivity contribution in [2.24, 2.45) is 11.8 Å². The summed E-state index contributed by atoms with van der Waals surface area (Å²) in [5.41, 5.74) is 0. The van der Waals surface area contributed by atoms with Crippen molar-refractivity contribution in [1.82, 2.24) is 9.80 Å². The normalized spacial score (nSPS) is 30.9. The van der Waals surface area contributed by atoms with E-state index in [1.165, 1.54) is 0 Å². The Morgan fingerprint density at radius 2 is 1.74 bits per heavy atom. The summed E-state index contributed by atoms with van der Waals surface area (Å²) in [4.78, 5) is 4.49. The van der Waals surface area contributed by atoms with Gasteiger partial charge in [-0.1, -0.05) is 6.92 Å². The van der Waals surface area contributed by atoms with Gasteiger partial charge in [-0.05, 0) is 58.7 Å². The Labute approximate surface area is 116 Å². The van der Waals surface area contributed by atoms with E-state index < -0.39 is 11.8 Å². The minimum atomic E-state index is -2.49. The maximum Gasteiger partial charge on any atom is 0.263 e. The largest absolute Gasteiger partial charge is 0.301 e. The Balaban J connectivity index is 1.77. The lowest BCUT2D eigenvalue weighted by Gasteiger charge is -2.40. The average molecular weight is 274 g/mol. The van der Waals surface area contributed by atoms with E-state index in [1.807, 2.05) is 4.90 Å². The number of likely N-dealkylation sites (tertiary alicyclic amines) is 2. The predicted octanol–water partition coefficient (Wildman–Crippen LogP) is 3.08. The van der Waals surface area contributed by atoms with Gasteiger partial charge >= 0.3 is 0 Å². The van der Waals surface area contributed by atoms with Crippen LogP contribution in [0.4, 0.5) is 8.78 Å². The Bertz CT molecular complexity index is 286. The highest BCUT2D eigenvalue weighted by Gasteiger charge is 2.42. The molecule has 2 saturated heterocycles. The highest BCUT2D eigenvalue weighted by Crippen LogP contribution is 2.33. The molecule has 19 heavy (non-hydrogen) atoms. The van der Waals surface area contributed by atoms with Crippen molar-refractivity contribution in [3.05, 3.63) is 0 Å². The first-order valence-corrected chi connectivity index (χ1v) is 7.72. The summed E-state index contributed by atoms with van der Waals surface area (Å²) < 4.78 is 27.4. The van der Waals surface area contributed by atoms with Crippen LogP contribution in [-0.4, -0.2) is 54.5 Å². The molecule has 0 aliphatic carbocycles. The molecule has 0 radical (unpaired) electrons. The summed E-state index contributed by atoms with van der Waals surface area (Å²) in [6.45, 7) is 10.1. The molecule has 0 unspecified atom stereocenters. The monoisotopic (exact) mass is 274 g/mol. The molecule has 0 amide bonds. The van der Waals surface area contributed by atoms with Crippen LogP contribution in [0.5, 0.6) is 0 Å². The third-order valence-electron chi connectivity index (χ3n) is 4.93. The zero-order valence-electron chi connectivity index (χ0n) is 12.5. The fourth-order valence-electron chi connectivity index (χ4n) is 3.29. The van der Waals surface area contributed by atoms with Crippen molar-refractivity contribution < 1.29 is 8.78 Å². The summed E-state index contributed by atoms with van der Waals surface area (Å²) in [6.07, 6.45) is 2.96. The van der Waals surface area contributed by atoms with Crippen LogP contribution < -0.4 is 0 Å². The highest BCUT2D eigenvalue weighted by atomic mass is 19.3. The van der Waals surface area contributed by atoms with Gasteiger partial charge in [0.25, 0.3) is 5.92 Å². The summed E-state index contributed by atoms with van der Waals surface area (Å²) >= 11 is 0. The standard InChI is InChI=1S/C15H28F2N2/c1-12(2)19-8-5-14(6-9-19)10-18-7-4-13(3)15(16,17)11-18/h12-14H,4-11H2,1-3H3/t13-/m0/s1. The smallest absolute Gasteiger partial charge is 0.263 e. The van der Waals surface area contributed by atoms with Crippen LogP contribution in [0.25, 0.3) is 0 Å². The molecule has 2 aliphatic heterocycles. The first-order chi connectivity index (χ1) is 8.88. The van der Waals surface area contributed by atoms with E-state index >= 15 is 0 Å². The molecule has 0 N–H and O–H groups in total. The molecule has 2 heterocycles. The van der Waals surface area contributed by atoms with Gasteiger partial charge in [-0.25, -0.2) is 8.78 Å². The maximum absolute atomic E-state index is 13.7. The van der Waals surface area contributed by atoms with Crippen LogP contribution >= 0.6 is 0 Å². The van der Waals surface area contributed by atoms with Gasteiger partial charge < -0.3 is 4.90 Å². The van der Waals surface area contributed by atoms with Gasteiger partial charge in [-0.15, -0.1) is 0 Å². The minimum absolute atomic E-state index is 0.0292. The summed E-state index contributed by atoms with van der Waals surface area (Å²) in [7, 11) is 0. The van der Waals surface area contributed by atoms with Gasteiger partial charge in [0, 0.05) is 18.5 Å². The second kappa shape index (κ2) is 6.04. The van der Waals surface area contributed by atoms with Gasteiger partial charge in [0.15, 0.2) is 0 Å². The summed E-state index contributed by atoms with van der Waals surface area (Å²) in [6, 6.07) is 0.612. The van der Waals surface area contributed by atoms with Crippen LogP contribution in [0.2, 0.25) is 0 Å². The van der Waals surface area contributed by atoms with Crippen molar-refractivity contribution in [2.45, 2.75) is 52.0 Å². The molecule has 2 aliphatic rings. The van der Waals surface area contributed by atoms with Crippen molar-refractivity contribution in [2.75, 3.05) is 32.7 Å². The fourth-order valence-corrected chi connectivity index (χ4v) is 3.29. The zero-order chi connectivity index (χ0) is 14.0. The van der Waals surface area contributed by atoms with Gasteiger partial charge in [0.2, 0.25) is 0 Å². The van der Waals surface area contributed by atoms with E-state index in [-0.39, 0.29) is 6.54 Å². The summed E-state index contributed by atoms with van der Waals surface area (Å²) in [5, 5.41) is 0. The number of halogens is 2. The SMILES string of the molecule is CC(C)N1CCC(CN2CC[C@H](C)C(F)(F)C2)CC1. The second-order valence-corrected chi connectivity index (χ2v) is 6.76. The number of piperidine rings is 2. The highest BCUT2D eigenvalue weighted by molar-refractivity contribution is 4.86. The Hall–Kier alpha value is -0.220. The molecule has 0 aromatic carbocycles. The Kier molecular flexibility index (Phi) is 4.83. The molecule has 2 rings (SSSR count). The number of hydrogen-bond donors (Lipinski definition) is 0. The van der Waals surface area contributed by atoms with Crippen molar-refractivity contribution in [3.8, 4) is 0 Å². The van der Waals surface area contributed by atoms with E-state index in [0.29, 0.717) is 18.4 Å². The number of hydrogen-bond acceptors (Lipinski definition) is 2. The van der Waals surface area contributed by atoms with Crippen LogP contribution in [0, 0.1) is 11.8 Å². The Morgan fingerprint density at radius 3 is 2.26 bits per heavy atom. The van der Waals surface area contributed by atoms with Gasteiger partial charge in [-0.3, -0.25) is 4.90 Å². The molecule has 0 saturated carbocycles. The zero-order valence-corrected chi connectivity index (χ0v) is 12.5. The first-order valence-electron chi connectivity index (χ1n) is 7.72. The van der Waals surface area contributed by atoms with Gasteiger partial charge in [0.1, 0.15) is 0 Å². The Morgan fingerprint density at radius 1 is 1.11 bits per heavy atom. The lowest BCUT2D eigenvalue weighted by atomic mass is 9.91. The van der Waals surface area contributed by atoms with Crippen molar-refractivity contribution >= 4 is 0 Å². The van der Waals surface area contributed by atoms with Crippen LogP contribution in [0.15, 0.2) is 0 Å². The van der Waals surface area contributed by atoms with Crippen molar-refractivity contribution in [1.29, 1.82) is 0 Å². The van der Waals surface area contributed by atoms with E-state index in [4.69, 9.17) is 0 Å². The second-order valence-electron chi connectivity index (χ2n) is 6.76. The molecule has 2 nitrogen and oxygen atoms in total. The molecule has 0 spiro atoms. The number of nitrogens with zero attached hydrogens (tertiary/aromatic N) is 2. The van der Waals surface area contributed by atoms with Crippen LogP contribution in [-0.2, 0) is 0 Å². The third-order valence-corrected chi connectivity index (χ3v) is 4.93. The molecule has 1 atom stereocenters. The van der Waals surface area contributed by atoms with E-state index in [1.54, 1.807) is 6.92 Å². The summed E-state index contributed by atoms with van der Waals surface area (Å²) in [5.74, 6) is -2.33. The number of rotatable bonds is 3. The number of alkyl halides is 2. The average Bonchev–Trinajstić information content (AvgIpc) is 2.34. The van der Waals surface area contributed by atoms with E-state index in [2.05, 4.69) is 18.7 Å². The molecule has 0 bridgehead atoms. The molecule has 0 aromatic rings. The molecule has 0 aromatic heterocycles. The molecule has 112 valence electrons. The predicted molar refractivity (Wildman–Crippen MR) is 74.6 cm³/mol. The topological polar surface area (TPSA) is 6.48 Å². The molecule has 4 heteroatoms. The van der Waals surface area contributed by atoms with Crippen LogP contribution in [0.3, 0.4) is 0 Å². The third kappa shape index (κ3) is 3.88.